The quantitative estimate of drug-likeness (QED) is 0.709. The molecule has 0 bridgehead atoms. The summed E-state index contributed by atoms with van der Waals surface area (Å²) < 4.78 is 5.06. The van der Waals surface area contributed by atoms with Gasteiger partial charge in [-0.15, -0.1) is 12.4 Å². The van der Waals surface area contributed by atoms with E-state index in [0.29, 0.717) is 6.54 Å². The molecule has 126 valence electrons. The van der Waals surface area contributed by atoms with Gasteiger partial charge < -0.3 is 15.4 Å². The van der Waals surface area contributed by atoms with Gasteiger partial charge in [0.05, 0.1) is 5.92 Å². The predicted molar refractivity (Wildman–Crippen MR) is 93.0 cm³/mol. The zero-order valence-corrected chi connectivity index (χ0v) is 14.6. The molecule has 0 aliphatic carbocycles. The number of rotatable bonds is 9. The number of ether oxygens (including phenoxy) is 1. The Balaban J connectivity index is 0.00000441. The molecule has 0 fully saturated rings. The molecule has 0 spiro atoms. The third-order valence-corrected chi connectivity index (χ3v) is 3.73. The molecule has 22 heavy (non-hydrogen) atoms. The average molecular weight is 329 g/mol. The Morgan fingerprint density at radius 3 is 2.41 bits per heavy atom. The highest BCUT2D eigenvalue weighted by Gasteiger charge is 2.23. The zero-order valence-electron chi connectivity index (χ0n) is 13.8. The van der Waals surface area contributed by atoms with E-state index in [1.54, 1.807) is 7.11 Å². The van der Waals surface area contributed by atoms with Crippen LogP contribution >= 0.6 is 12.4 Å². The molecule has 0 saturated heterocycles. The first-order chi connectivity index (χ1) is 10.1. The number of halogens is 1. The molecular weight excluding hydrogens is 300 g/mol. The number of nitrogens with zero attached hydrogens (tertiary/aromatic N) is 1. The minimum Gasteiger partial charge on any atom is -0.385 e. The van der Waals surface area contributed by atoms with Gasteiger partial charge in [-0.1, -0.05) is 37.3 Å². The third-order valence-electron chi connectivity index (χ3n) is 3.73. The molecule has 4 nitrogen and oxygen atoms in total. The Labute approximate surface area is 140 Å². The third kappa shape index (κ3) is 7.25. The highest BCUT2D eigenvalue weighted by molar-refractivity contribution is 5.85. The second-order valence-electron chi connectivity index (χ2n) is 5.59. The van der Waals surface area contributed by atoms with Crippen molar-refractivity contribution in [2.24, 2.45) is 11.7 Å². The normalized spacial score (nSPS) is 13.1. The van der Waals surface area contributed by atoms with E-state index in [9.17, 15) is 4.79 Å². The van der Waals surface area contributed by atoms with Crippen molar-refractivity contribution in [2.75, 3.05) is 20.3 Å². The molecule has 5 heteroatoms. The Morgan fingerprint density at radius 2 is 1.86 bits per heavy atom. The highest BCUT2D eigenvalue weighted by Crippen LogP contribution is 2.12. The van der Waals surface area contributed by atoms with Gasteiger partial charge in [0.15, 0.2) is 0 Å². The number of methoxy groups -OCH3 is 1. The van der Waals surface area contributed by atoms with Crippen molar-refractivity contribution in [1.29, 1.82) is 0 Å². The minimum atomic E-state index is -0.156. The zero-order chi connectivity index (χ0) is 15.7. The van der Waals surface area contributed by atoms with E-state index >= 15 is 0 Å². The fourth-order valence-corrected chi connectivity index (χ4v) is 2.13. The molecule has 0 saturated carbocycles. The van der Waals surface area contributed by atoms with Gasteiger partial charge in [0.1, 0.15) is 0 Å². The van der Waals surface area contributed by atoms with E-state index < -0.39 is 0 Å². The van der Waals surface area contributed by atoms with Crippen molar-refractivity contribution in [3.63, 3.8) is 0 Å². The van der Waals surface area contributed by atoms with Crippen LogP contribution in [0, 0.1) is 5.92 Å². The largest absolute Gasteiger partial charge is 0.385 e. The first-order valence-electron chi connectivity index (χ1n) is 7.63. The van der Waals surface area contributed by atoms with Gasteiger partial charge in [-0.3, -0.25) is 4.79 Å². The molecule has 0 aromatic heterocycles. The fraction of sp³-hybridized carbons (Fsp3) is 0.588. The van der Waals surface area contributed by atoms with Gasteiger partial charge in [-0.25, -0.2) is 0 Å². The number of amides is 1. The van der Waals surface area contributed by atoms with E-state index in [4.69, 9.17) is 10.5 Å². The predicted octanol–water partition coefficient (Wildman–Crippen LogP) is 2.85. The smallest absolute Gasteiger partial charge is 0.227 e. The summed E-state index contributed by atoms with van der Waals surface area (Å²) in [5, 5.41) is 0. The second-order valence-corrected chi connectivity index (χ2v) is 5.59. The monoisotopic (exact) mass is 328 g/mol. The number of carbonyl (C=O) groups excluding carboxylic acids is 1. The molecule has 2 unspecified atom stereocenters. The summed E-state index contributed by atoms with van der Waals surface area (Å²) in [7, 11) is 1.70. The van der Waals surface area contributed by atoms with E-state index in [1.165, 1.54) is 0 Å². The molecule has 2 atom stereocenters. The van der Waals surface area contributed by atoms with Crippen LogP contribution in [0.5, 0.6) is 0 Å². The van der Waals surface area contributed by atoms with Crippen LogP contribution in [0.1, 0.15) is 32.3 Å². The lowest BCUT2D eigenvalue weighted by molar-refractivity contribution is -0.136. The molecule has 1 aromatic rings. The van der Waals surface area contributed by atoms with Crippen LogP contribution in [-0.4, -0.2) is 37.1 Å². The van der Waals surface area contributed by atoms with Crippen molar-refractivity contribution in [3.05, 3.63) is 35.9 Å². The standard InChI is InChI=1S/C17H28N2O2.ClH/c1-14(15(2)18)17(20)19(11-7-8-12-21-3)13-16-9-5-4-6-10-16;/h4-6,9-10,14-15H,7-8,11-13,18H2,1-3H3;1H. The van der Waals surface area contributed by atoms with Crippen LogP contribution in [-0.2, 0) is 16.1 Å². The minimum absolute atomic E-state index is 0. The molecule has 0 aliphatic heterocycles. The van der Waals surface area contributed by atoms with Crippen molar-refractivity contribution in [3.8, 4) is 0 Å². The van der Waals surface area contributed by atoms with E-state index in [0.717, 1.165) is 31.6 Å². The maximum atomic E-state index is 12.6. The van der Waals surface area contributed by atoms with Gasteiger partial charge >= 0.3 is 0 Å². The lowest BCUT2D eigenvalue weighted by Gasteiger charge is -2.27. The summed E-state index contributed by atoms with van der Waals surface area (Å²) in [5.74, 6) is -0.0255. The molecule has 1 amide bonds. The summed E-state index contributed by atoms with van der Waals surface area (Å²) in [4.78, 5) is 14.5. The van der Waals surface area contributed by atoms with Gasteiger partial charge in [-0.05, 0) is 25.3 Å². The number of hydrogen-bond acceptors (Lipinski definition) is 3. The Bertz CT molecular complexity index is 412. The number of benzene rings is 1. The van der Waals surface area contributed by atoms with Crippen LogP contribution in [0.2, 0.25) is 0 Å². The Kier molecular flexibility index (Phi) is 10.9. The van der Waals surface area contributed by atoms with E-state index in [2.05, 4.69) is 0 Å². The summed E-state index contributed by atoms with van der Waals surface area (Å²) in [6.07, 6.45) is 1.90. The Morgan fingerprint density at radius 1 is 1.23 bits per heavy atom. The molecule has 0 heterocycles. The Hall–Kier alpha value is -1.10. The highest BCUT2D eigenvalue weighted by atomic mass is 35.5. The number of nitrogens with two attached hydrogens (primary N) is 1. The maximum Gasteiger partial charge on any atom is 0.227 e. The van der Waals surface area contributed by atoms with Gasteiger partial charge in [0, 0.05) is 32.8 Å². The maximum absolute atomic E-state index is 12.6. The van der Waals surface area contributed by atoms with Gasteiger partial charge in [0.2, 0.25) is 5.91 Å². The van der Waals surface area contributed by atoms with Gasteiger partial charge in [0.25, 0.3) is 0 Å². The van der Waals surface area contributed by atoms with Crippen molar-refractivity contribution < 1.29 is 9.53 Å². The topological polar surface area (TPSA) is 55.6 Å². The summed E-state index contributed by atoms with van der Waals surface area (Å²) in [6, 6.07) is 9.95. The van der Waals surface area contributed by atoms with Crippen LogP contribution in [0.25, 0.3) is 0 Å². The lowest BCUT2D eigenvalue weighted by Crippen LogP contribution is -2.41. The van der Waals surface area contributed by atoms with Crippen molar-refractivity contribution >= 4 is 18.3 Å². The molecular formula is C17H29ClN2O2. The summed E-state index contributed by atoms with van der Waals surface area (Å²) in [5.41, 5.74) is 7.02. The van der Waals surface area contributed by atoms with Gasteiger partial charge in [-0.2, -0.15) is 0 Å². The number of hydrogen-bond donors (Lipinski definition) is 1. The molecule has 0 radical (unpaired) electrons. The first-order valence-corrected chi connectivity index (χ1v) is 7.63. The van der Waals surface area contributed by atoms with Crippen LogP contribution < -0.4 is 5.73 Å². The summed E-state index contributed by atoms with van der Waals surface area (Å²) in [6.45, 7) is 5.91. The summed E-state index contributed by atoms with van der Waals surface area (Å²) >= 11 is 0. The molecule has 2 N–H and O–H groups in total. The SMILES string of the molecule is COCCCCN(Cc1ccccc1)C(=O)C(C)C(C)N.Cl. The first kappa shape index (κ1) is 20.9. The lowest BCUT2D eigenvalue weighted by atomic mass is 10.0. The van der Waals surface area contributed by atoms with Crippen molar-refractivity contribution in [2.45, 2.75) is 39.3 Å². The average Bonchev–Trinajstić information content (AvgIpc) is 2.49. The van der Waals surface area contributed by atoms with Crippen LogP contribution in [0.15, 0.2) is 30.3 Å². The molecule has 0 aliphatic rings. The second kappa shape index (κ2) is 11.5. The van der Waals surface area contributed by atoms with E-state index in [1.807, 2.05) is 49.1 Å². The van der Waals surface area contributed by atoms with Crippen LogP contribution in [0.4, 0.5) is 0 Å². The number of carbonyl (C=O) groups is 1. The van der Waals surface area contributed by atoms with E-state index in [-0.39, 0.29) is 30.3 Å². The fourth-order valence-electron chi connectivity index (χ4n) is 2.13. The molecule has 1 rings (SSSR count). The van der Waals surface area contributed by atoms with Crippen LogP contribution in [0.3, 0.4) is 0 Å². The van der Waals surface area contributed by atoms with Crippen molar-refractivity contribution in [1.82, 2.24) is 4.90 Å². The molecule has 1 aromatic carbocycles. The number of unbranched alkanes of at least 4 members (excludes halogenated alkanes) is 1.